The molecule has 120 valence electrons. The van der Waals surface area contributed by atoms with Gasteiger partial charge in [-0.15, -0.1) is 11.8 Å². The molecule has 0 aliphatic carbocycles. The fourth-order valence-corrected chi connectivity index (χ4v) is 3.28. The number of rotatable bonds is 7. The average molecular weight is 393 g/mol. The van der Waals surface area contributed by atoms with Crippen LogP contribution in [0.2, 0.25) is 0 Å². The molecule has 0 saturated heterocycles. The van der Waals surface area contributed by atoms with Crippen molar-refractivity contribution in [3.63, 3.8) is 0 Å². The van der Waals surface area contributed by atoms with E-state index >= 15 is 0 Å². The molecule has 0 spiro atoms. The van der Waals surface area contributed by atoms with Crippen molar-refractivity contribution in [1.82, 2.24) is 5.43 Å². The van der Waals surface area contributed by atoms with Gasteiger partial charge in [0.1, 0.15) is 5.75 Å². The van der Waals surface area contributed by atoms with Gasteiger partial charge in [0, 0.05) is 15.8 Å². The van der Waals surface area contributed by atoms with Gasteiger partial charge >= 0.3 is 0 Å². The van der Waals surface area contributed by atoms with E-state index in [0.717, 1.165) is 15.8 Å². The number of nitrogens with zero attached hydrogens (tertiary/aromatic N) is 1. The molecule has 0 unspecified atom stereocenters. The number of hydrogen-bond donors (Lipinski definition) is 1. The van der Waals surface area contributed by atoms with Crippen molar-refractivity contribution in [3.8, 4) is 5.75 Å². The molecule has 0 saturated carbocycles. The van der Waals surface area contributed by atoms with Crippen molar-refractivity contribution in [2.45, 2.75) is 5.75 Å². The monoisotopic (exact) mass is 392 g/mol. The van der Waals surface area contributed by atoms with Crippen molar-refractivity contribution < 1.29 is 9.53 Å². The second kappa shape index (κ2) is 9.37. The summed E-state index contributed by atoms with van der Waals surface area (Å²) >= 11 is 5.04. The number of methoxy groups -OCH3 is 1. The van der Waals surface area contributed by atoms with E-state index in [2.05, 4.69) is 26.5 Å². The van der Waals surface area contributed by atoms with Crippen LogP contribution in [0.5, 0.6) is 5.75 Å². The number of amides is 1. The maximum atomic E-state index is 11.8. The molecule has 2 aromatic carbocycles. The number of halogens is 1. The van der Waals surface area contributed by atoms with Crippen LogP contribution < -0.4 is 10.2 Å². The Morgan fingerprint density at radius 3 is 2.78 bits per heavy atom. The summed E-state index contributed by atoms with van der Waals surface area (Å²) in [7, 11) is 1.60. The van der Waals surface area contributed by atoms with Gasteiger partial charge in [0.15, 0.2) is 0 Å². The molecule has 2 rings (SSSR count). The number of carbonyl (C=O) groups excluding carboxylic acids is 1. The van der Waals surface area contributed by atoms with E-state index in [4.69, 9.17) is 4.74 Å². The summed E-state index contributed by atoms with van der Waals surface area (Å²) in [4.78, 5) is 11.8. The average Bonchev–Trinajstić information content (AvgIpc) is 2.57. The molecule has 0 fully saturated rings. The predicted octanol–water partition coefficient (Wildman–Crippen LogP) is 3.84. The fraction of sp³-hybridized carbons (Fsp3) is 0.176. The summed E-state index contributed by atoms with van der Waals surface area (Å²) in [5.74, 6) is 1.71. The van der Waals surface area contributed by atoms with E-state index in [0.29, 0.717) is 11.5 Å². The summed E-state index contributed by atoms with van der Waals surface area (Å²) < 4.78 is 6.27. The Bertz CT molecular complexity index is 692. The van der Waals surface area contributed by atoms with Crippen LogP contribution in [0.1, 0.15) is 11.1 Å². The third kappa shape index (κ3) is 5.73. The van der Waals surface area contributed by atoms with Gasteiger partial charge in [0.2, 0.25) is 5.91 Å². The smallest absolute Gasteiger partial charge is 0.250 e. The Morgan fingerprint density at radius 1 is 1.26 bits per heavy atom. The molecule has 0 aliphatic heterocycles. The van der Waals surface area contributed by atoms with Gasteiger partial charge in [0.25, 0.3) is 0 Å². The van der Waals surface area contributed by atoms with Crippen LogP contribution >= 0.6 is 27.7 Å². The Kier molecular flexibility index (Phi) is 7.16. The Labute approximate surface area is 148 Å². The van der Waals surface area contributed by atoms with E-state index in [1.807, 2.05) is 48.5 Å². The van der Waals surface area contributed by atoms with Gasteiger partial charge < -0.3 is 4.74 Å². The molecule has 0 bridgehead atoms. The fourth-order valence-electron chi connectivity index (χ4n) is 1.85. The first-order valence-corrected chi connectivity index (χ1v) is 8.91. The van der Waals surface area contributed by atoms with Crippen LogP contribution in [0.4, 0.5) is 0 Å². The number of para-hydroxylation sites is 1. The minimum absolute atomic E-state index is 0.131. The number of benzene rings is 2. The second-order valence-electron chi connectivity index (χ2n) is 4.62. The summed E-state index contributed by atoms with van der Waals surface area (Å²) in [6, 6.07) is 15.5. The molecule has 0 atom stereocenters. The molecular weight excluding hydrogens is 376 g/mol. The summed E-state index contributed by atoms with van der Waals surface area (Å²) in [6.07, 6.45) is 1.58. The molecule has 6 heteroatoms. The number of thioether (sulfide) groups is 1. The lowest BCUT2D eigenvalue weighted by Gasteiger charge is -2.04. The van der Waals surface area contributed by atoms with E-state index in [9.17, 15) is 4.79 Å². The Morgan fingerprint density at radius 2 is 2.00 bits per heavy atom. The number of carbonyl (C=O) groups is 1. The lowest BCUT2D eigenvalue weighted by atomic mass is 10.2. The SMILES string of the molecule is COc1ccccc1/C=N\NC(=O)CSCc1ccccc1Br. The van der Waals surface area contributed by atoms with Crippen LogP contribution in [0.3, 0.4) is 0 Å². The minimum atomic E-state index is -0.131. The van der Waals surface area contributed by atoms with Gasteiger partial charge in [-0.1, -0.05) is 46.3 Å². The maximum Gasteiger partial charge on any atom is 0.250 e. The number of hydrogen-bond acceptors (Lipinski definition) is 4. The zero-order chi connectivity index (χ0) is 16.5. The van der Waals surface area contributed by atoms with Gasteiger partial charge in [-0.3, -0.25) is 4.79 Å². The molecule has 2 aromatic rings. The van der Waals surface area contributed by atoms with Crippen LogP contribution in [0.25, 0.3) is 0 Å². The quantitative estimate of drug-likeness (QED) is 0.575. The molecule has 1 N–H and O–H groups in total. The third-order valence-corrected chi connectivity index (χ3v) is 4.74. The maximum absolute atomic E-state index is 11.8. The number of nitrogens with one attached hydrogen (secondary N) is 1. The van der Waals surface area contributed by atoms with E-state index in [1.54, 1.807) is 25.1 Å². The molecule has 4 nitrogen and oxygen atoms in total. The first-order valence-electron chi connectivity index (χ1n) is 6.97. The lowest BCUT2D eigenvalue weighted by Crippen LogP contribution is -2.19. The van der Waals surface area contributed by atoms with Crippen LogP contribution in [-0.2, 0) is 10.5 Å². The van der Waals surface area contributed by atoms with Gasteiger partial charge in [-0.2, -0.15) is 5.10 Å². The minimum Gasteiger partial charge on any atom is -0.496 e. The Hall–Kier alpha value is -1.79. The first-order chi connectivity index (χ1) is 11.2. The highest BCUT2D eigenvalue weighted by Crippen LogP contribution is 2.21. The zero-order valence-electron chi connectivity index (χ0n) is 12.7. The van der Waals surface area contributed by atoms with Crippen molar-refractivity contribution in [2.75, 3.05) is 12.9 Å². The molecule has 23 heavy (non-hydrogen) atoms. The third-order valence-electron chi connectivity index (χ3n) is 2.98. The van der Waals surface area contributed by atoms with E-state index in [-0.39, 0.29) is 5.91 Å². The van der Waals surface area contributed by atoms with Crippen molar-refractivity contribution in [2.24, 2.45) is 5.10 Å². The van der Waals surface area contributed by atoms with E-state index in [1.165, 1.54) is 5.56 Å². The van der Waals surface area contributed by atoms with Crippen molar-refractivity contribution >= 4 is 39.8 Å². The first kappa shape index (κ1) is 17.6. The van der Waals surface area contributed by atoms with Gasteiger partial charge in [-0.25, -0.2) is 5.43 Å². The van der Waals surface area contributed by atoms with Crippen LogP contribution in [0.15, 0.2) is 58.1 Å². The second-order valence-corrected chi connectivity index (χ2v) is 6.46. The van der Waals surface area contributed by atoms with Gasteiger partial charge in [-0.05, 0) is 23.8 Å². The molecule has 0 heterocycles. The highest BCUT2D eigenvalue weighted by atomic mass is 79.9. The zero-order valence-corrected chi connectivity index (χ0v) is 15.1. The van der Waals surface area contributed by atoms with Gasteiger partial charge in [0.05, 0.1) is 19.1 Å². The summed E-state index contributed by atoms with van der Waals surface area (Å²) in [5.41, 5.74) is 4.51. The number of hydrazone groups is 1. The Balaban J connectivity index is 1.77. The molecular formula is C17H17BrN2O2S. The highest BCUT2D eigenvalue weighted by molar-refractivity contribution is 9.10. The van der Waals surface area contributed by atoms with Crippen LogP contribution in [0, 0.1) is 0 Å². The van der Waals surface area contributed by atoms with Crippen LogP contribution in [-0.4, -0.2) is 25.0 Å². The summed E-state index contributed by atoms with van der Waals surface area (Å²) in [6.45, 7) is 0. The largest absolute Gasteiger partial charge is 0.496 e. The van der Waals surface area contributed by atoms with E-state index < -0.39 is 0 Å². The molecule has 1 amide bonds. The van der Waals surface area contributed by atoms with Crippen molar-refractivity contribution in [3.05, 3.63) is 64.1 Å². The molecule has 0 aliphatic rings. The highest BCUT2D eigenvalue weighted by Gasteiger charge is 2.03. The number of ether oxygens (including phenoxy) is 1. The molecule has 0 aromatic heterocycles. The standard InChI is InChI=1S/C17H17BrN2O2S/c1-22-16-9-5-3-6-13(16)10-19-20-17(21)12-23-11-14-7-2-4-8-15(14)18/h2-10H,11-12H2,1H3,(H,20,21)/b19-10-. The lowest BCUT2D eigenvalue weighted by molar-refractivity contribution is -0.118. The summed E-state index contributed by atoms with van der Waals surface area (Å²) in [5, 5.41) is 3.97. The predicted molar refractivity (Wildman–Crippen MR) is 99.0 cm³/mol. The molecule has 0 radical (unpaired) electrons. The van der Waals surface area contributed by atoms with Crippen molar-refractivity contribution in [1.29, 1.82) is 0 Å². The normalized spacial score (nSPS) is 10.7. The topological polar surface area (TPSA) is 50.7 Å².